The van der Waals surface area contributed by atoms with Crippen molar-refractivity contribution < 1.29 is 14.4 Å². The molecular weight excluding hydrogens is 636 g/mol. The van der Waals surface area contributed by atoms with E-state index in [1.807, 2.05) is 38.4 Å². The highest BCUT2D eigenvalue weighted by atomic mass is 35.5. The number of allylic oxidation sites excluding steroid dienone is 8. The minimum atomic E-state index is -0.391. The first-order chi connectivity index (χ1) is 23.2. The number of nitrogens with zero attached hydrogens (tertiary/aromatic N) is 4. The third-order valence-electron chi connectivity index (χ3n) is 10.7. The molecule has 3 aliphatic rings. The van der Waals surface area contributed by atoms with Gasteiger partial charge in [0.05, 0.1) is 15.3 Å². The van der Waals surface area contributed by atoms with Crippen LogP contribution in [-0.2, 0) is 10.8 Å². The molecule has 248 valence electrons. The van der Waals surface area contributed by atoms with E-state index in [4.69, 9.17) is 11.6 Å². The quantitative estimate of drug-likeness (QED) is 0.119. The number of benzene rings is 4. The molecule has 2 aliphatic heterocycles. The zero-order valence-corrected chi connectivity index (χ0v) is 29.3. The molecule has 0 amide bonds. The van der Waals surface area contributed by atoms with Gasteiger partial charge < -0.3 is 4.90 Å². The van der Waals surface area contributed by atoms with Crippen molar-refractivity contribution in [3.05, 3.63) is 138 Å². The molecule has 0 unspecified atom stereocenters. The van der Waals surface area contributed by atoms with Gasteiger partial charge in [-0.15, -0.1) is 0 Å². The second-order valence-corrected chi connectivity index (χ2v) is 14.6. The minimum absolute atomic E-state index is 0.0881. The van der Waals surface area contributed by atoms with Crippen LogP contribution >= 0.6 is 11.6 Å². The number of hydrogen-bond acceptors (Lipinski definition) is 5. The Morgan fingerprint density at radius 3 is 2.02 bits per heavy atom. The standard InChI is InChI=1S/C40H38ClN4O4/c1-39(2)34(42(5)32-18-12-24-10-16-28(44(46)47)22-30(24)36(32)39)20-14-26-8-7-9-27(38(26)41)15-21-35-40(3,4)37-31-23-29(45(48)49)17-11-25(31)13-19-33(37)43(35)6/h10-23H,7-9H2,1-6H3/q+1. The predicted molar refractivity (Wildman–Crippen MR) is 199 cm³/mol. The van der Waals surface area contributed by atoms with Crippen molar-refractivity contribution in [3.8, 4) is 0 Å². The Hall–Kier alpha value is -5.08. The number of nitro groups is 2. The normalized spacial score (nSPS) is 19.9. The molecule has 9 heteroatoms. The van der Waals surface area contributed by atoms with Crippen molar-refractivity contribution in [2.24, 2.45) is 0 Å². The maximum absolute atomic E-state index is 11.6. The van der Waals surface area contributed by atoms with Gasteiger partial charge in [-0.3, -0.25) is 20.2 Å². The summed E-state index contributed by atoms with van der Waals surface area (Å²) in [6.07, 6.45) is 11.3. The Bertz CT molecular complexity index is 2310. The Labute approximate surface area is 290 Å². The van der Waals surface area contributed by atoms with Crippen LogP contribution in [0.3, 0.4) is 0 Å². The van der Waals surface area contributed by atoms with E-state index in [1.54, 1.807) is 24.3 Å². The Balaban J connectivity index is 1.22. The molecule has 49 heavy (non-hydrogen) atoms. The number of halogens is 1. The SMILES string of the molecule is CN1C(=CC=C2CCCC(C=CC3=[N+](C)c4ccc5ccc([N+](=O)[O-])cc5c4C3(C)C)=C2Cl)C(C)(C)c2c1ccc1ccc([N+](=O)[O-])cc21. The molecule has 0 N–H and O–H groups in total. The Kier molecular flexibility index (Phi) is 7.63. The summed E-state index contributed by atoms with van der Waals surface area (Å²) in [7, 11) is 4.09. The fourth-order valence-corrected chi connectivity index (χ4v) is 8.57. The number of nitro benzene ring substituents is 2. The van der Waals surface area contributed by atoms with Gasteiger partial charge in [0.15, 0.2) is 5.71 Å². The molecular formula is C40H38ClN4O4+. The molecule has 0 bridgehead atoms. The Morgan fingerprint density at radius 1 is 0.796 bits per heavy atom. The van der Waals surface area contributed by atoms with E-state index < -0.39 is 10.8 Å². The summed E-state index contributed by atoms with van der Waals surface area (Å²) in [5.74, 6) is 0. The van der Waals surface area contributed by atoms with Crippen molar-refractivity contribution >= 4 is 61.6 Å². The van der Waals surface area contributed by atoms with Gasteiger partial charge in [0, 0.05) is 70.9 Å². The molecule has 4 aromatic rings. The highest BCUT2D eigenvalue weighted by Gasteiger charge is 2.44. The molecule has 7 rings (SSSR count). The van der Waals surface area contributed by atoms with Gasteiger partial charge in [-0.25, -0.2) is 0 Å². The van der Waals surface area contributed by atoms with Crippen LogP contribution in [0.1, 0.15) is 58.1 Å². The van der Waals surface area contributed by atoms with E-state index in [0.717, 1.165) is 90.9 Å². The first-order valence-electron chi connectivity index (χ1n) is 16.5. The minimum Gasteiger partial charge on any atom is -0.347 e. The maximum Gasteiger partial charge on any atom is 0.270 e. The first-order valence-corrected chi connectivity index (χ1v) is 16.9. The van der Waals surface area contributed by atoms with Crippen LogP contribution in [-0.4, -0.2) is 34.2 Å². The van der Waals surface area contributed by atoms with Crippen LogP contribution < -0.4 is 4.90 Å². The van der Waals surface area contributed by atoms with Crippen molar-refractivity contribution in [3.63, 3.8) is 0 Å². The molecule has 0 aromatic heterocycles. The monoisotopic (exact) mass is 673 g/mol. The van der Waals surface area contributed by atoms with E-state index >= 15 is 0 Å². The van der Waals surface area contributed by atoms with Gasteiger partial charge in [-0.05, 0) is 102 Å². The third-order valence-corrected chi connectivity index (χ3v) is 11.2. The topological polar surface area (TPSA) is 92.5 Å². The summed E-state index contributed by atoms with van der Waals surface area (Å²) >= 11 is 7.13. The molecule has 8 nitrogen and oxygen atoms in total. The third kappa shape index (κ3) is 5.08. The largest absolute Gasteiger partial charge is 0.347 e. The van der Waals surface area contributed by atoms with Crippen LogP contribution in [0.25, 0.3) is 21.5 Å². The lowest BCUT2D eigenvalue weighted by Crippen LogP contribution is -2.27. The molecule has 0 fully saturated rings. The molecule has 4 aromatic carbocycles. The van der Waals surface area contributed by atoms with Gasteiger partial charge >= 0.3 is 0 Å². The molecule has 0 saturated heterocycles. The number of rotatable bonds is 5. The van der Waals surface area contributed by atoms with E-state index in [1.165, 1.54) is 0 Å². The average Bonchev–Trinajstić information content (AvgIpc) is 3.39. The smallest absolute Gasteiger partial charge is 0.270 e. The van der Waals surface area contributed by atoms with E-state index in [-0.39, 0.29) is 21.2 Å². The zero-order chi connectivity index (χ0) is 35.0. The maximum atomic E-state index is 11.6. The summed E-state index contributed by atoms with van der Waals surface area (Å²) in [6.45, 7) is 8.67. The summed E-state index contributed by atoms with van der Waals surface area (Å²) in [5.41, 5.74) is 7.98. The summed E-state index contributed by atoms with van der Waals surface area (Å²) in [6, 6.07) is 18.4. The van der Waals surface area contributed by atoms with Gasteiger partial charge in [-0.2, -0.15) is 4.58 Å². The van der Waals surface area contributed by atoms with Crippen molar-refractivity contribution in [1.29, 1.82) is 0 Å². The number of anilines is 1. The molecule has 0 radical (unpaired) electrons. The second-order valence-electron chi connectivity index (χ2n) is 14.3. The predicted octanol–water partition coefficient (Wildman–Crippen LogP) is 10.3. The average molecular weight is 674 g/mol. The number of fused-ring (bicyclic) bond motifs is 6. The second kappa shape index (κ2) is 11.5. The van der Waals surface area contributed by atoms with Crippen LogP contribution in [0.2, 0.25) is 0 Å². The zero-order valence-electron chi connectivity index (χ0n) is 28.5. The number of likely N-dealkylation sites (N-methyl/N-ethyl adjacent to an activating group) is 1. The first kappa shape index (κ1) is 32.5. The summed E-state index contributed by atoms with van der Waals surface area (Å²) < 4.78 is 2.18. The van der Waals surface area contributed by atoms with Crippen LogP contribution in [0, 0.1) is 20.2 Å². The number of non-ortho nitro benzene ring substituents is 2. The fourth-order valence-electron chi connectivity index (χ4n) is 8.25. The van der Waals surface area contributed by atoms with Crippen molar-refractivity contribution in [2.45, 2.75) is 57.8 Å². The van der Waals surface area contributed by atoms with Crippen LogP contribution in [0.5, 0.6) is 0 Å². The van der Waals surface area contributed by atoms with Crippen LogP contribution in [0.4, 0.5) is 22.7 Å². The molecule has 0 saturated carbocycles. The van der Waals surface area contributed by atoms with Gasteiger partial charge in [-0.1, -0.05) is 43.7 Å². The lowest BCUT2D eigenvalue weighted by atomic mass is 9.78. The molecule has 0 atom stereocenters. The molecule has 2 heterocycles. The molecule has 0 spiro atoms. The molecule has 1 aliphatic carbocycles. The summed E-state index contributed by atoms with van der Waals surface area (Å²) in [5, 5.41) is 27.7. The summed E-state index contributed by atoms with van der Waals surface area (Å²) in [4.78, 5) is 24.7. The lowest BCUT2D eigenvalue weighted by Gasteiger charge is -2.24. The van der Waals surface area contributed by atoms with Crippen LogP contribution in [0.15, 0.2) is 107 Å². The van der Waals surface area contributed by atoms with E-state index in [2.05, 4.69) is 73.6 Å². The van der Waals surface area contributed by atoms with Gasteiger partial charge in [0.25, 0.3) is 11.4 Å². The van der Waals surface area contributed by atoms with Crippen molar-refractivity contribution in [2.75, 3.05) is 19.0 Å². The van der Waals surface area contributed by atoms with Gasteiger partial charge in [0.2, 0.25) is 5.69 Å². The Morgan fingerprint density at radius 2 is 1.39 bits per heavy atom. The highest BCUT2D eigenvalue weighted by molar-refractivity contribution is 6.32. The van der Waals surface area contributed by atoms with Gasteiger partial charge in [0.1, 0.15) is 7.05 Å². The van der Waals surface area contributed by atoms with E-state index in [9.17, 15) is 20.2 Å². The lowest BCUT2D eigenvalue weighted by molar-refractivity contribution is -0.401. The highest BCUT2D eigenvalue weighted by Crippen LogP contribution is 2.51. The number of hydrogen-bond donors (Lipinski definition) is 0. The van der Waals surface area contributed by atoms with Crippen molar-refractivity contribution in [1.82, 2.24) is 0 Å². The fraction of sp³-hybridized carbons (Fsp3) is 0.275. The van der Waals surface area contributed by atoms with E-state index in [0.29, 0.717) is 0 Å².